The van der Waals surface area contributed by atoms with Crippen LogP contribution in [-0.2, 0) is 0 Å². The van der Waals surface area contributed by atoms with Crippen LogP contribution in [0.2, 0.25) is 5.02 Å². The molecule has 190 valence electrons. The molecular formula is C28H20ClN3O6. The molecule has 0 bridgehead atoms. The van der Waals surface area contributed by atoms with Gasteiger partial charge in [0.2, 0.25) is 12.6 Å². The topological polar surface area (TPSA) is 118 Å². The smallest absolute Gasteiger partial charge is 0.337 e. The number of carboxylic acids is 1. The predicted octanol–water partition coefficient (Wildman–Crippen LogP) is 5.41. The second kappa shape index (κ2) is 10.2. The highest BCUT2D eigenvalue weighted by Crippen LogP contribution is 2.33. The molecule has 38 heavy (non-hydrogen) atoms. The van der Waals surface area contributed by atoms with E-state index in [4.69, 9.17) is 21.1 Å². The number of ether oxygens (including phenoxy) is 2. The lowest BCUT2D eigenvalue weighted by atomic mass is 10.0. The van der Waals surface area contributed by atoms with Crippen LogP contribution in [0.5, 0.6) is 11.5 Å². The van der Waals surface area contributed by atoms with E-state index in [0.717, 1.165) is 11.4 Å². The van der Waals surface area contributed by atoms with Crippen molar-refractivity contribution >= 4 is 46.3 Å². The van der Waals surface area contributed by atoms with Crippen molar-refractivity contribution in [1.29, 1.82) is 0 Å². The Morgan fingerprint density at radius 1 is 0.895 bits per heavy atom. The number of fused-ring (bicyclic) bond motifs is 1. The Bertz CT molecular complexity index is 1550. The highest BCUT2D eigenvalue weighted by Gasteiger charge is 2.20. The van der Waals surface area contributed by atoms with Gasteiger partial charge < -0.3 is 24.8 Å². The molecule has 1 aliphatic rings. The minimum absolute atomic E-state index is 0.0459. The molecule has 2 heterocycles. The first kappa shape index (κ1) is 24.8. The zero-order valence-electron chi connectivity index (χ0n) is 20.0. The van der Waals surface area contributed by atoms with Gasteiger partial charge in [-0.15, -0.1) is 0 Å². The number of carbonyl (C=O) groups is 3. The van der Waals surface area contributed by atoms with Gasteiger partial charge >= 0.3 is 5.97 Å². The second-order valence-electron chi connectivity index (χ2n) is 8.35. The molecule has 0 saturated heterocycles. The largest absolute Gasteiger partial charge is 0.478 e. The number of nitrogens with one attached hydrogen (secondary N) is 1. The van der Waals surface area contributed by atoms with Crippen molar-refractivity contribution in [1.82, 2.24) is 4.98 Å². The fourth-order valence-electron chi connectivity index (χ4n) is 3.88. The average molecular weight is 530 g/mol. The fourth-order valence-corrected chi connectivity index (χ4v) is 4.01. The number of nitrogens with zero attached hydrogens (tertiary/aromatic N) is 2. The third kappa shape index (κ3) is 5.00. The van der Waals surface area contributed by atoms with Crippen molar-refractivity contribution in [2.75, 3.05) is 24.1 Å². The Labute approximate surface area is 222 Å². The number of amides is 1. The van der Waals surface area contributed by atoms with E-state index >= 15 is 0 Å². The van der Waals surface area contributed by atoms with Crippen LogP contribution in [0.3, 0.4) is 0 Å². The number of hydrogen-bond donors (Lipinski definition) is 2. The van der Waals surface area contributed by atoms with E-state index in [0.29, 0.717) is 16.5 Å². The summed E-state index contributed by atoms with van der Waals surface area (Å²) in [5.41, 5.74) is 1.98. The predicted molar refractivity (Wildman–Crippen MR) is 141 cm³/mol. The van der Waals surface area contributed by atoms with Gasteiger partial charge in [-0.1, -0.05) is 11.6 Å². The van der Waals surface area contributed by atoms with Gasteiger partial charge in [-0.3, -0.25) is 14.6 Å². The van der Waals surface area contributed by atoms with Crippen LogP contribution in [0, 0.1) is 0 Å². The molecule has 0 atom stereocenters. The number of carbonyl (C=O) groups excluding carboxylic acids is 2. The molecule has 0 radical (unpaired) electrons. The van der Waals surface area contributed by atoms with E-state index in [-0.39, 0.29) is 34.9 Å². The molecule has 0 aliphatic carbocycles. The first-order chi connectivity index (χ1) is 18.3. The summed E-state index contributed by atoms with van der Waals surface area (Å²) in [6.07, 6.45) is 1.56. The molecule has 10 heteroatoms. The van der Waals surface area contributed by atoms with Gasteiger partial charge in [0.05, 0.1) is 23.1 Å². The number of aromatic carboxylic acids is 1. The van der Waals surface area contributed by atoms with Crippen LogP contribution in [0.25, 0.3) is 0 Å². The standard InChI is InChI=1S/C28H20ClN3O6/c1-32(19-6-4-18(29)5-7-19)20-8-10-23(30-14-20)26(33)16-2-9-22(21(12-16)28(35)36)31-27(34)17-3-11-24-25(13-17)38-15-37-24/h2-14H,15H2,1H3,(H,31,34)(H,35,36). The number of carboxylic acid groups (broad SMARTS) is 1. The van der Waals surface area contributed by atoms with E-state index in [2.05, 4.69) is 10.3 Å². The van der Waals surface area contributed by atoms with Gasteiger partial charge in [0.15, 0.2) is 11.5 Å². The van der Waals surface area contributed by atoms with E-state index in [9.17, 15) is 19.5 Å². The van der Waals surface area contributed by atoms with Crippen LogP contribution < -0.4 is 19.7 Å². The third-order valence-electron chi connectivity index (χ3n) is 5.98. The van der Waals surface area contributed by atoms with Gasteiger partial charge in [-0.25, -0.2) is 4.79 Å². The normalized spacial score (nSPS) is 11.6. The van der Waals surface area contributed by atoms with E-state index in [1.165, 1.54) is 24.3 Å². The van der Waals surface area contributed by atoms with Crippen molar-refractivity contribution in [3.63, 3.8) is 0 Å². The summed E-state index contributed by atoms with van der Waals surface area (Å²) in [6, 6.07) is 19.3. The highest BCUT2D eigenvalue weighted by atomic mass is 35.5. The zero-order valence-corrected chi connectivity index (χ0v) is 20.7. The molecule has 0 unspecified atom stereocenters. The van der Waals surface area contributed by atoms with Gasteiger partial charge in [0, 0.05) is 28.9 Å². The number of aromatic nitrogens is 1. The third-order valence-corrected chi connectivity index (χ3v) is 6.23. The maximum Gasteiger partial charge on any atom is 0.337 e. The summed E-state index contributed by atoms with van der Waals surface area (Å²) in [7, 11) is 1.86. The van der Waals surface area contributed by atoms with Gasteiger partial charge in [-0.2, -0.15) is 0 Å². The zero-order chi connectivity index (χ0) is 26.8. The number of benzene rings is 3. The first-order valence-corrected chi connectivity index (χ1v) is 11.8. The van der Waals surface area contributed by atoms with Crippen LogP contribution in [-0.4, -0.2) is 41.6 Å². The minimum atomic E-state index is -1.30. The molecule has 3 aromatic carbocycles. The number of hydrogen-bond acceptors (Lipinski definition) is 7. The molecule has 0 saturated carbocycles. The maximum absolute atomic E-state index is 13.1. The summed E-state index contributed by atoms with van der Waals surface area (Å²) >= 11 is 5.95. The minimum Gasteiger partial charge on any atom is -0.478 e. The van der Waals surface area contributed by atoms with Crippen molar-refractivity contribution in [3.05, 3.63) is 106 Å². The van der Waals surface area contributed by atoms with Crippen molar-refractivity contribution in [2.24, 2.45) is 0 Å². The Balaban J connectivity index is 1.34. The second-order valence-corrected chi connectivity index (χ2v) is 8.79. The monoisotopic (exact) mass is 529 g/mol. The molecule has 0 spiro atoms. The van der Waals surface area contributed by atoms with Crippen molar-refractivity contribution in [3.8, 4) is 11.5 Å². The molecule has 2 N–H and O–H groups in total. The fraction of sp³-hybridized carbons (Fsp3) is 0.0714. The van der Waals surface area contributed by atoms with Crippen molar-refractivity contribution in [2.45, 2.75) is 0 Å². The molecule has 1 amide bonds. The lowest BCUT2D eigenvalue weighted by Crippen LogP contribution is -2.16. The van der Waals surface area contributed by atoms with Crippen LogP contribution >= 0.6 is 11.6 Å². The van der Waals surface area contributed by atoms with Crippen LogP contribution in [0.1, 0.15) is 36.8 Å². The van der Waals surface area contributed by atoms with Crippen LogP contribution in [0.4, 0.5) is 17.1 Å². The summed E-state index contributed by atoms with van der Waals surface area (Å²) in [4.78, 5) is 43.9. The Morgan fingerprint density at radius 2 is 1.61 bits per heavy atom. The lowest BCUT2D eigenvalue weighted by Gasteiger charge is -2.19. The molecule has 9 nitrogen and oxygen atoms in total. The first-order valence-electron chi connectivity index (χ1n) is 11.4. The maximum atomic E-state index is 13.1. The summed E-state index contributed by atoms with van der Waals surface area (Å²) in [6.45, 7) is 0.0652. The van der Waals surface area contributed by atoms with E-state index in [1.54, 1.807) is 42.6 Å². The van der Waals surface area contributed by atoms with Gasteiger partial charge in [0.25, 0.3) is 5.91 Å². The number of anilines is 3. The molecular weight excluding hydrogens is 510 g/mol. The molecule has 5 rings (SSSR count). The molecule has 1 aromatic heterocycles. The Kier molecular flexibility index (Phi) is 6.68. The molecule has 4 aromatic rings. The SMILES string of the molecule is CN(c1ccc(Cl)cc1)c1ccc(C(=O)c2ccc(NC(=O)c3ccc4c(c3)OCO4)c(C(=O)O)c2)nc1. The van der Waals surface area contributed by atoms with Crippen molar-refractivity contribution < 1.29 is 29.0 Å². The molecule has 1 aliphatic heterocycles. The van der Waals surface area contributed by atoms with Crippen LogP contribution in [0.15, 0.2) is 79.0 Å². The van der Waals surface area contributed by atoms with Gasteiger partial charge in [0.1, 0.15) is 5.69 Å². The quantitative estimate of drug-likeness (QED) is 0.305. The van der Waals surface area contributed by atoms with E-state index < -0.39 is 17.7 Å². The molecule has 0 fully saturated rings. The Morgan fingerprint density at radius 3 is 2.32 bits per heavy atom. The van der Waals surface area contributed by atoms with Gasteiger partial charge in [-0.05, 0) is 72.8 Å². The number of halogens is 1. The highest BCUT2D eigenvalue weighted by molar-refractivity contribution is 6.30. The number of pyridine rings is 1. The summed E-state index contributed by atoms with van der Waals surface area (Å²) in [5, 5.41) is 13.0. The summed E-state index contributed by atoms with van der Waals surface area (Å²) in [5.74, 6) is -1.34. The summed E-state index contributed by atoms with van der Waals surface area (Å²) < 4.78 is 10.5. The lowest BCUT2D eigenvalue weighted by molar-refractivity contribution is 0.0698. The average Bonchev–Trinajstić information content (AvgIpc) is 3.41. The van der Waals surface area contributed by atoms with E-state index in [1.807, 2.05) is 24.1 Å². The number of ketones is 1. The number of rotatable bonds is 7. The Hall–Kier alpha value is -4.89.